The molecule has 10 heteroatoms. The van der Waals surface area contributed by atoms with Crippen LogP contribution < -0.4 is 10.2 Å². The highest BCUT2D eigenvalue weighted by Crippen LogP contribution is 2.32. The number of carbonyl (C=O) groups excluding carboxylic acids is 2. The highest BCUT2D eigenvalue weighted by Gasteiger charge is 2.36. The summed E-state index contributed by atoms with van der Waals surface area (Å²) in [5.41, 5.74) is 1.49. The smallest absolute Gasteiger partial charge is 0.243 e. The van der Waals surface area contributed by atoms with E-state index in [-0.39, 0.29) is 29.7 Å². The Labute approximate surface area is 194 Å². The van der Waals surface area contributed by atoms with Gasteiger partial charge in [-0.3, -0.25) is 9.59 Å². The van der Waals surface area contributed by atoms with E-state index in [0.29, 0.717) is 30.5 Å². The first kappa shape index (κ1) is 23.4. The monoisotopic (exact) mass is 473 g/mol. The fraction of sp³-hybridized carbons (Fsp3) is 0.522. The average molecular weight is 474 g/mol. The predicted octanol–water partition coefficient (Wildman–Crippen LogP) is 2.62. The van der Waals surface area contributed by atoms with Gasteiger partial charge >= 0.3 is 0 Å². The minimum absolute atomic E-state index is 0.112. The standard InChI is InChI=1S/C23H31N5O4S/c1-4-26(5-2)33(31,32)20-10-8-19(9-11-20)27-15-18(12-21(27)29)23(30)25-22-16(3)13-24-28(22)14-17-6-7-17/h8-11,13,17-18H,4-7,12,14-15H2,1-3H3,(H,25,30). The van der Waals surface area contributed by atoms with Crippen LogP contribution >= 0.6 is 0 Å². The second-order valence-electron chi connectivity index (χ2n) is 8.78. The molecule has 2 fully saturated rings. The maximum absolute atomic E-state index is 13.0. The van der Waals surface area contributed by atoms with Crippen LogP contribution in [0.25, 0.3) is 0 Å². The van der Waals surface area contributed by atoms with E-state index in [1.54, 1.807) is 37.1 Å². The van der Waals surface area contributed by atoms with Gasteiger partial charge in [0.2, 0.25) is 21.8 Å². The summed E-state index contributed by atoms with van der Waals surface area (Å²) in [6.07, 6.45) is 4.24. The Bertz CT molecular complexity index is 1130. The van der Waals surface area contributed by atoms with Crippen molar-refractivity contribution < 1.29 is 18.0 Å². The lowest BCUT2D eigenvalue weighted by atomic mass is 10.1. The second-order valence-corrected chi connectivity index (χ2v) is 10.7. The van der Waals surface area contributed by atoms with Crippen LogP contribution in [0.1, 0.15) is 38.7 Å². The van der Waals surface area contributed by atoms with Crippen molar-refractivity contribution in [2.75, 3.05) is 29.9 Å². The van der Waals surface area contributed by atoms with Crippen LogP contribution in [0.3, 0.4) is 0 Å². The van der Waals surface area contributed by atoms with Gasteiger partial charge in [-0.1, -0.05) is 13.8 Å². The lowest BCUT2D eigenvalue weighted by Crippen LogP contribution is -2.31. The van der Waals surface area contributed by atoms with Crippen molar-refractivity contribution in [3.8, 4) is 0 Å². The van der Waals surface area contributed by atoms with Gasteiger partial charge in [0.25, 0.3) is 0 Å². The van der Waals surface area contributed by atoms with Crippen molar-refractivity contribution >= 4 is 33.3 Å². The molecule has 2 aliphatic rings. The number of hydrogen-bond acceptors (Lipinski definition) is 5. The molecule has 9 nitrogen and oxygen atoms in total. The molecule has 4 rings (SSSR count). The zero-order chi connectivity index (χ0) is 23.8. The molecule has 1 N–H and O–H groups in total. The largest absolute Gasteiger partial charge is 0.312 e. The van der Waals surface area contributed by atoms with Crippen LogP contribution in [0, 0.1) is 18.8 Å². The molecule has 33 heavy (non-hydrogen) atoms. The molecule has 178 valence electrons. The number of amides is 2. The maximum atomic E-state index is 13.0. The van der Waals surface area contributed by atoms with Crippen molar-refractivity contribution in [1.29, 1.82) is 0 Å². The number of carbonyl (C=O) groups is 2. The third kappa shape index (κ3) is 4.81. The van der Waals surface area contributed by atoms with Crippen molar-refractivity contribution in [3.05, 3.63) is 36.0 Å². The summed E-state index contributed by atoms with van der Waals surface area (Å²) in [7, 11) is -3.56. The van der Waals surface area contributed by atoms with Gasteiger partial charge in [-0.05, 0) is 49.9 Å². The highest BCUT2D eigenvalue weighted by molar-refractivity contribution is 7.89. The third-order valence-electron chi connectivity index (χ3n) is 6.38. The summed E-state index contributed by atoms with van der Waals surface area (Å²) < 4.78 is 28.6. The average Bonchev–Trinajstić information content (AvgIpc) is 3.44. The second kappa shape index (κ2) is 9.26. The van der Waals surface area contributed by atoms with Gasteiger partial charge in [0.15, 0.2) is 0 Å². The predicted molar refractivity (Wildman–Crippen MR) is 125 cm³/mol. The fourth-order valence-corrected chi connectivity index (χ4v) is 5.65. The van der Waals surface area contributed by atoms with E-state index in [4.69, 9.17) is 0 Å². The first-order valence-electron chi connectivity index (χ1n) is 11.5. The molecule has 0 radical (unpaired) electrons. The molecule has 2 aromatic rings. The molecule has 1 saturated heterocycles. The van der Waals surface area contributed by atoms with E-state index in [1.807, 2.05) is 11.6 Å². The lowest BCUT2D eigenvalue weighted by molar-refractivity contribution is -0.122. The quantitative estimate of drug-likeness (QED) is 0.603. The zero-order valence-corrected chi connectivity index (χ0v) is 20.1. The van der Waals surface area contributed by atoms with E-state index in [1.165, 1.54) is 29.3 Å². The maximum Gasteiger partial charge on any atom is 0.243 e. The number of benzene rings is 1. The molecule has 0 spiro atoms. The van der Waals surface area contributed by atoms with E-state index in [2.05, 4.69) is 10.4 Å². The first-order chi connectivity index (χ1) is 15.7. The summed E-state index contributed by atoms with van der Waals surface area (Å²) in [4.78, 5) is 27.4. The van der Waals surface area contributed by atoms with Crippen LogP contribution in [0.2, 0.25) is 0 Å². The number of sulfonamides is 1. The number of anilines is 2. The Kier molecular flexibility index (Phi) is 6.58. The Morgan fingerprint density at radius 3 is 2.45 bits per heavy atom. The third-order valence-corrected chi connectivity index (χ3v) is 8.44. The van der Waals surface area contributed by atoms with Gasteiger partial charge in [0.1, 0.15) is 5.82 Å². The molecule has 1 atom stereocenters. The van der Waals surface area contributed by atoms with Crippen molar-refractivity contribution in [2.45, 2.75) is 51.5 Å². The van der Waals surface area contributed by atoms with Gasteiger partial charge < -0.3 is 10.2 Å². The number of aromatic nitrogens is 2. The summed E-state index contributed by atoms with van der Waals surface area (Å²) in [5.74, 6) is 0.478. The van der Waals surface area contributed by atoms with Crippen LogP contribution in [0.5, 0.6) is 0 Å². The van der Waals surface area contributed by atoms with E-state index >= 15 is 0 Å². The van der Waals surface area contributed by atoms with Gasteiger partial charge in [-0.15, -0.1) is 0 Å². The Hall–Kier alpha value is -2.72. The normalized spacial score (nSPS) is 18.8. The summed E-state index contributed by atoms with van der Waals surface area (Å²) in [6, 6.07) is 6.29. The molecule has 0 bridgehead atoms. The lowest BCUT2D eigenvalue weighted by Gasteiger charge is -2.20. The van der Waals surface area contributed by atoms with Crippen LogP contribution in [0.4, 0.5) is 11.5 Å². The van der Waals surface area contributed by atoms with Crippen molar-refractivity contribution in [3.63, 3.8) is 0 Å². The Morgan fingerprint density at radius 1 is 1.18 bits per heavy atom. The molecule has 2 amide bonds. The molecule has 1 aliphatic carbocycles. The molecule has 1 aromatic heterocycles. The van der Waals surface area contributed by atoms with Crippen LogP contribution in [-0.2, 0) is 26.2 Å². The SMILES string of the molecule is CCN(CC)S(=O)(=O)c1ccc(N2CC(C(=O)Nc3c(C)cnn3CC3CC3)CC2=O)cc1. The van der Waals surface area contributed by atoms with Gasteiger partial charge in [-0.2, -0.15) is 9.40 Å². The van der Waals surface area contributed by atoms with Crippen LogP contribution in [0.15, 0.2) is 35.4 Å². The summed E-state index contributed by atoms with van der Waals surface area (Å²) in [5, 5.41) is 7.36. The minimum atomic E-state index is -3.56. The Morgan fingerprint density at radius 2 is 1.85 bits per heavy atom. The number of hydrogen-bond donors (Lipinski definition) is 1. The Balaban J connectivity index is 1.44. The molecule has 1 aromatic carbocycles. The number of nitrogens with one attached hydrogen (secondary N) is 1. The topological polar surface area (TPSA) is 105 Å². The van der Waals surface area contributed by atoms with Crippen molar-refractivity contribution in [2.24, 2.45) is 11.8 Å². The summed E-state index contributed by atoms with van der Waals surface area (Å²) >= 11 is 0. The molecule has 1 aliphatic heterocycles. The molecule has 2 heterocycles. The van der Waals surface area contributed by atoms with Crippen LogP contribution in [-0.4, -0.2) is 54.0 Å². The molecular weight excluding hydrogens is 442 g/mol. The minimum Gasteiger partial charge on any atom is -0.312 e. The van der Waals surface area contributed by atoms with Gasteiger partial charge in [0.05, 0.1) is 17.0 Å². The molecule has 1 unspecified atom stereocenters. The molecular formula is C23H31N5O4S. The van der Waals surface area contributed by atoms with Gasteiger partial charge in [-0.25, -0.2) is 13.1 Å². The van der Waals surface area contributed by atoms with E-state index in [9.17, 15) is 18.0 Å². The summed E-state index contributed by atoms with van der Waals surface area (Å²) in [6.45, 7) is 7.33. The number of rotatable bonds is 9. The van der Waals surface area contributed by atoms with Crippen molar-refractivity contribution in [1.82, 2.24) is 14.1 Å². The van der Waals surface area contributed by atoms with E-state index < -0.39 is 15.9 Å². The highest BCUT2D eigenvalue weighted by atomic mass is 32.2. The first-order valence-corrected chi connectivity index (χ1v) is 12.9. The van der Waals surface area contributed by atoms with Gasteiger partial charge in [0, 0.05) is 43.9 Å². The van der Waals surface area contributed by atoms with E-state index in [0.717, 1.165) is 12.1 Å². The molecule has 1 saturated carbocycles. The fourth-order valence-electron chi connectivity index (χ4n) is 4.19. The number of aryl methyl sites for hydroxylation is 1. The zero-order valence-electron chi connectivity index (χ0n) is 19.3. The number of nitrogens with zero attached hydrogens (tertiary/aromatic N) is 4.